The zero-order valence-corrected chi connectivity index (χ0v) is 10.7. The Morgan fingerprint density at radius 1 is 1.25 bits per heavy atom. The minimum absolute atomic E-state index is 0.243. The van der Waals surface area contributed by atoms with Crippen molar-refractivity contribution < 1.29 is 5.11 Å². The molecule has 0 saturated heterocycles. The van der Waals surface area contributed by atoms with Crippen molar-refractivity contribution >= 4 is 0 Å². The Labute approximate surface area is 98.7 Å². The number of rotatable bonds is 5. The van der Waals surface area contributed by atoms with Gasteiger partial charge in [0.25, 0.3) is 0 Å². The molecule has 2 nitrogen and oxygen atoms in total. The number of aliphatic hydroxyl groups excluding tert-OH is 1. The van der Waals surface area contributed by atoms with Gasteiger partial charge in [0.15, 0.2) is 0 Å². The molecule has 0 amide bonds. The summed E-state index contributed by atoms with van der Waals surface area (Å²) in [6.07, 6.45) is 0. The largest absolute Gasteiger partial charge is 0.396 e. The van der Waals surface area contributed by atoms with E-state index in [2.05, 4.69) is 44.3 Å². The van der Waals surface area contributed by atoms with E-state index in [0.29, 0.717) is 12.0 Å². The topological polar surface area (TPSA) is 32.3 Å². The fraction of sp³-hybridized carbons (Fsp3) is 0.571. The molecule has 0 aliphatic heterocycles. The summed E-state index contributed by atoms with van der Waals surface area (Å²) >= 11 is 0. The Bertz CT molecular complexity index is 336. The number of nitrogens with one attached hydrogen (secondary N) is 1. The standard InChI is InChI=1S/C14H23NO/c1-10-5-6-14(12(3)7-10)13(4)15-8-11(2)9-16/h5-7,11,13,15-16H,8-9H2,1-4H3. The average Bonchev–Trinajstić information content (AvgIpc) is 2.25. The first-order valence-electron chi connectivity index (χ1n) is 5.96. The maximum atomic E-state index is 8.97. The molecule has 0 aromatic heterocycles. The third kappa shape index (κ3) is 3.62. The summed E-state index contributed by atoms with van der Waals surface area (Å²) in [7, 11) is 0. The molecule has 0 aliphatic rings. The molecular formula is C14H23NO. The second-order valence-electron chi connectivity index (χ2n) is 4.78. The highest BCUT2D eigenvalue weighted by molar-refractivity contribution is 5.32. The molecule has 2 N–H and O–H groups in total. The van der Waals surface area contributed by atoms with Crippen molar-refractivity contribution in [3.8, 4) is 0 Å². The lowest BCUT2D eigenvalue weighted by Gasteiger charge is -2.19. The molecule has 1 aromatic rings. The van der Waals surface area contributed by atoms with E-state index in [1.165, 1.54) is 16.7 Å². The molecule has 0 radical (unpaired) electrons. The van der Waals surface area contributed by atoms with Crippen LogP contribution in [0, 0.1) is 19.8 Å². The Kier molecular flexibility index (Phi) is 4.97. The molecular weight excluding hydrogens is 198 g/mol. The second-order valence-corrected chi connectivity index (χ2v) is 4.78. The monoisotopic (exact) mass is 221 g/mol. The highest BCUT2D eigenvalue weighted by atomic mass is 16.3. The van der Waals surface area contributed by atoms with Crippen LogP contribution in [-0.4, -0.2) is 18.3 Å². The summed E-state index contributed by atoms with van der Waals surface area (Å²) in [5, 5.41) is 12.4. The normalized spacial score (nSPS) is 14.8. The predicted molar refractivity (Wildman–Crippen MR) is 68.6 cm³/mol. The molecule has 0 bridgehead atoms. The van der Waals surface area contributed by atoms with Crippen LogP contribution in [-0.2, 0) is 0 Å². The third-order valence-electron chi connectivity index (χ3n) is 2.98. The van der Waals surface area contributed by atoms with Crippen LogP contribution >= 0.6 is 0 Å². The van der Waals surface area contributed by atoms with Crippen LogP contribution < -0.4 is 5.32 Å². The maximum Gasteiger partial charge on any atom is 0.0468 e. The van der Waals surface area contributed by atoms with Gasteiger partial charge in [0.05, 0.1) is 0 Å². The van der Waals surface area contributed by atoms with Gasteiger partial charge < -0.3 is 10.4 Å². The average molecular weight is 221 g/mol. The van der Waals surface area contributed by atoms with Crippen LogP contribution in [0.2, 0.25) is 0 Å². The van der Waals surface area contributed by atoms with Crippen molar-refractivity contribution in [1.82, 2.24) is 5.32 Å². The van der Waals surface area contributed by atoms with Gasteiger partial charge in [0.2, 0.25) is 0 Å². The Balaban J connectivity index is 2.62. The smallest absolute Gasteiger partial charge is 0.0468 e. The molecule has 2 heteroatoms. The zero-order valence-electron chi connectivity index (χ0n) is 10.7. The molecule has 2 atom stereocenters. The van der Waals surface area contributed by atoms with Crippen molar-refractivity contribution in [3.63, 3.8) is 0 Å². The summed E-state index contributed by atoms with van der Waals surface area (Å²) in [6.45, 7) is 9.57. The van der Waals surface area contributed by atoms with E-state index >= 15 is 0 Å². The highest BCUT2D eigenvalue weighted by Crippen LogP contribution is 2.18. The van der Waals surface area contributed by atoms with Crippen LogP contribution in [0.3, 0.4) is 0 Å². The lowest BCUT2D eigenvalue weighted by Crippen LogP contribution is -2.26. The highest BCUT2D eigenvalue weighted by Gasteiger charge is 2.09. The van der Waals surface area contributed by atoms with E-state index in [1.807, 2.05) is 6.92 Å². The van der Waals surface area contributed by atoms with Crippen molar-refractivity contribution in [2.75, 3.05) is 13.2 Å². The number of aryl methyl sites for hydroxylation is 2. The molecule has 1 aromatic carbocycles. The molecule has 1 rings (SSSR count). The van der Waals surface area contributed by atoms with Gasteiger partial charge in [-0.3, -0.25) is 0 Å². The van der Waals surface area contributed by atoms with Gasteiger partial charge in [0, 0.05) is 19.2 Å². The molecule has 0 fully saturated rings. The van der Waals surface area contributed by atoms with Crippen LogP contribution in [0.4, 0.5) is 0 Å². The number of hydrogen-bond acceptors (Lipinski definition) is 2. The molecule has 2 unspecified atom stereocenters. The first-order chi connectivity index (χ1) is 7.54. The van der Waals surface area contributed by atoms with E-state index in [-0.39, 0.29) is 6.61 Å². The lowest BCUT2D eigenvalue weighted by atomic mass is 10.00. The summed E-state index contributed by atoms with van der Waals surface area (Å²) < 4.78 is 0. The summed E-state index contributed by atoms with van der Waals surface area (Å²) in [4.78, 5) is 0. The summed E-state index contributed by atoms with van der Waals surface area (Å²) in [5.74, 6) is 0.313. The molecule has 0 heterocycles. The van der Waals surface area contributed by atoms with Crippen LogP contribution in [0.25, 0.3) is 0 Å². The first-order valence-corrected chi connectivity index (χ1v) is 5.96. The fourth-order valence-electron chi connectivity index (χ4n) is 1.86. The molecule has 90 valence electrons. The van der Waals surface area contributed by atoms with E-state index < -0.39 is 0 Å². The van der Waals surface area contributed by atoms with Crippen molar-refractivity contribution in [3.05, 3.63) is 34.9 Å². The van der Waals surface area contributed by atoms with E-state index in [9.17, 15) is 0 Å². The van der Waals surface area contributed by atoms with Gasteiger partial charge >= 0.3 is 0 Å². The first kappa shape index (κ1) is 13.2. The maximum absolute atomic E-state index is 8.97. The number of hydrogen-bond donors (Lipinski definition) is 2. The van der Waals surface area contributed by atoms with Gasteiger partial charge in [-0.1, -0.05) is 30.7 Å². The van der Waals surface area contributed by atoms with E-state index in [0.717, 1.165) is 6.54 Å². The van der Waals surface area contributed by atoms with E-state index in [1.54, 1.807) is 0 Å². The second kappa shape index (κ2) is 6.02. The fourth-order valence-corrected chi connectivity index (χ4v) is 1.86. The molecule has 0 spiro atoms. The predicted octanol–water partition coefficient (Wildman–Crippen LogP) is 2.58. The van der Waals surface area contributed by atoms with Crippen LogP contribution in [0.15, 0.2) is 18.2 Å². The van der Waals surface area contributed by atoms with Gasteiger partial charge in [-0.05, 0) is 37.8 Å². The Morgan fingerprint density at radius 2 is 1.94 bits per heavy atom. The Morgan fingerprint density at radius 3 is 2.50 bits per heavy atom. The van der Waals surface area contributed by atoms with Crippen molar-refractivity contribution in [2.45, 2.75) is 33.7 Å². The third-order valence-corrected chi connectivity index (χ3v) is 2.98. The SMILES string of the molecule is Cc1ccc(C(C)NCC(C)CO)c(C)c1. The lowest BCUT2D eigenvalue weighted by molar-refractivity contribution is 0.231. The number of aliphatic hydroxyl groups is 1. The van der Waals surface area contributed by atoms with Crippen molar-refractivity contribution in [1.29, 1.82) is 0 Å². The Hall–Kier alpha value is -0.860. The minimum atomic E-state index is 0.243. The van der Waals surface area contributed by atoms with E-state index in [4.69, 9.17) is 5.11 Å². The molecule has 16 heavy (non-hydrogen) atoms. The van der Waals surface area contributed by atoms with Crippen LogP contribution in [0.1, 0.15) is 36.6 Å². The van der Waals surface area contributed by atoms with Crippen LogP contribution in [0.5, 0.6) is 0 Å². The summed E-state index contributed by atoms with van der Waals surface area (Å²) in [5.41, 5.74) is 3.98. The quantitative estimate of drug-likeness (QED) is 0.801. The van der Waals surface area contributed by atoms with Gasteiger partial charge in [-0.2, -0.15) is 0 Å². The van der Waals surface area contributed by atoms with Gasteiger partial charge in [0.1, 0.15) is 0 Å². The summed E-state index contributed by atoms with van der Waals surface area (Å²) in [6, 6.07) is 6.89. The van der Waals surface area contributed by atoms with Crippen molar-refractivity contribution in [2.24, 2.45) is 5.92 Å². The molecule has 0 aliphatic carbocycles. The minimum Gasteiger partial charge on any atom is -0.396 e. The molecule has 0 saturated carbocycles. The van der Waals surface area contributed by atoms with Gasteiger partial charge in [-0.15, -0.1) is 0 Å². The zero-order chi connectivity index (χ0) is 12.1. The number of benzene rings is 1. The van der Waals surface area contributed by atoms with Gasteiger partial charge in [-0.25, -0.2) is 0 Å².